The number of para-hydroxylation sites is 1. The standard InChI is InChI=1S/C19H23N3O2S2/c1-19(2,3)15-9-16(23)22-10-12(11-26-18(22)21-15)17(24)20-13-7-5-6-8-14(13)25-4/h5-9,12H,10-11H2,1-4H3,(H,20,24). The largest absolute Gasteiger partial charge is 0.325 e. The number of amides is 1. The van der Waals surface area contributed by atoms with Gasteiger partial charge in [-0.2, -0.15) is 0 Å². The Labute approximate surface area is 162 Å². The van der Waals surface area contributed by atoms with Gasteiger partial charge in [0.25, 0.3) is 5.56 Å². The maximum atomic E-state index is 12.7. The number of anilines is 1. The number of nitrogens with zero attached hydrogens (tertiary/aromatic N) is 2. The lowest BCUT2D eigenvalue weighted by molar-refractivity contribution is -0.119. The van der Waals surface area contributed by atoms with Gasteiger partial charge in [-0.1, -0.05) is 44.7 Å². The van der Waals surface area contributed by atoms with Crippen molar-refractivity contribution in [3.63, 3.8) is 0 Å². The lowest BCUT2D eigenvalue weighted by Gasteiger charge is -2.26. The summed E-state index contributed by atoms with van der Waals surface area (Å²) in [7, 11) is 0. The number of rotatable bonds is 3. The van der Waals surface area contributed by atoms with E-state index < -0.39 is 0 Å². The summed E-state index contributed by atoms with van der Waals surface area (Å²) in [6.07, 6.45) is 1.98. The van der Waals surface area contributed by atoms with Crippen molar-refractivity contribution in [1.29, 1.82) is 0 Å². The van der Waals surface area contributed by atoms with E-state index in [9.17, 15) is 9.59 Å². The zero-order valence-electron chi connectivity index (χ0n) is 15.4. The summed E-state index contributed by atoms with van der Waals surface area (Å²) in [5, 5.41) is 3.71. The second-order valence-electron chi connectivity index (χ2n) is 7.32. The lowest BCUT2D eigenvalue weighted by atomic mass is 9.92. The van der Waals surface area contributed by atoms with Crippen LogP contribution in [0.1, 0.15) is 26.5 Å². The quantitative estimate of drug-likeness (QED) is 0.642. The molecule has 0 radical (unpaired) electrons. The molecule has 1 atom stereocenters. The molecule has 0 fully saturated rings. The van der Waals surface area contributed by atoms with Crippen LogP contribution in [0.2, 0.25) is 0 Å². The zero-order chi connectivity index (χ0) is 18.9. The molecule has 1 aromatic heterocycles. The fourth-order valence-corrected chi connectivity index (χ4v) is 4.38. The summed E-state index contributed by atoms with van der Waals surface area (Å²) in [6, 6.07) is 9.33. The Balaban J connectivity index is 1.80. The third-order valence-corrected chi connectivity index (χ3v) is 6.23. The van der Waals surface area contributed by atoms with Crippen LogP contribution in [0, 0.1) is 5.92 Å². The molecule has 7 heteroatoms. The van der Waals surface area contributed by atoms with E-state index in [0.29, 0.717) is 17.5 Å². The molecule has 1 aliphatic heterocycles. The molecule has 138 valence electrons. The van der Waals surface area contributed by atoms with E-state index in [2.05, 4.69) is 10.3 Å². The summed E-state index contributed by atoms with van der Waals surface area (Å²) in [4.78, 5) is 30.9. The number of benzene rings is 1. The average molecular weight is 390 g/mol. The molecule has 26 heavy (non-hydrogen) atoms. The van der Waals surface area contributed by atoms with E-state index in [1.54, 1.807) is 22.4 Å². The van der Waals surface area contributed by atoms with Gasteiger partial charge < -0.3 is 5.32 Å². The van der Waals surface area contributed by atoms with Gasteiger partial charge >= 0.3 is 0 Å². The third kappa shape index (κ3) is 3.99. The molecule has 1 unspecified atom stereocenters. The fourth-order valence-electron chi connectivity index (χ4n) is 2.74. The van der Waals surface area contributed by atoms with Crippen molar-refractivity contribution in [3.8, 4) is 0 Å². The number of hydrogen-bond donors (Lipinski definition) is 1. The second-order valence-corrected chi connectivity index (χ2v) is 9.16. The number of hydrogen-bond acceptors (Lipinski definition) is 5. The monoisotopic (exact) mass is 389 g/mol. The van der Waals surface area contributed by atoms with Crippen LogP contribution in [-0.4, -0.2) is 27.5 Å². The summed E-state index contributed by atoms with van der Waals surface area (Å²) in [5.41, 5.74) is 1.34. The van der Waals surface area contributed by atoms with Gasteiger partial charge in [-0.25, -0.2) is 4.98 Å². The van der Waals surface area contributed by atoms with Crippen LogP contribution in [0.3, 0.4) is 0 Å². The third-order valence-electron chi connectivity index (χ3n) is 4.29. The first-order valence-corrected chi connectivity index (χ1v) is 10.7. The molecule has 1 aliphatic rings. The van der Waals surface area contributed by atoms with Gasteiger partial charge in [0, 0.05) is 28.7 Å². The topological polar surface area (TPSA) is 64.0 Å². The Bertz CT molecular complexity index is 887. The molecule has 0 spiro atoms. The molecule has 1 amide bonds. The average Bonchev–Trinajstić information content (AvgIpc) is 2.61. The first-order valence-electron chi connectivity index (χ1n) is 8.48. The molecule has 2 aromatic rings. The van der Waals surface area contributed by atoms with Crippen LogP contribution < -0.4 is 10.9 Å². The van der Waals surface area contributed by atoms with Crippen LogP contribution in [0.5, 0.6) is 0 Å². The van der Waals surface area contributed by atoms with Crippen molar-refractivity contribution in [2.45, 2.75) is 42.8 Å². The maximum absolute atomic E-state index is 12.7. The number of aromatic nitrogens is 2. The van der Waals surface area contributed by atoms with Crippen molar-refractivity contribution < 1.29 is 4.79 Å². The van der Waals surface area contributed by atoms with E-state index in [0.717, 1.165) is 16.3 Å². The summed E-state index contributed by atoms with van der Waals surface area (Å²) in [6.45, 7) is 6.49. The van der Waals surface area contributed by atoms with Crippen LogP contribution >= 0.6 is 23.5 Å². The summed E-state index contributed by atoms with van der Waals surface area (Å²) in [5.74, 6) is 0.298. The Morgan fingerprint density at radius 1 is 1.35 bits per heavy atom. The Morgan fingerprint density at radius 2 is 2.08 bits per heavy atom. The van der Waals surface area contributed by atoms with Crippen LogP contribution in [-0.2, 0) is 16.8 Å². The number of fused-ring (bicyclic) bond motifs is 1. The van der Waals surface area contributed by atoms with E-state index in [4.69, 9.17) is 0 Å². The summed E-state index contributed by atoms with van der Waals surface area (Å²) < 4.78 is 1.62. The molecule has 2 heterocycles. The summed E-state index contributed by atoms with van der Waals surface area (Å²) >= 11 is 3.07. The SMILES string of the molecule is CSc1ccccc1NC(=O)C1CSc2nc(C(C)(C)C)cc(=O)n2C1. The first kappa shape index (κ1) is 19.0. The van der Waals surface area contributed by atoms with Gasteiger partial charge in [0.1, 0.15) is 0 Å². The smallest absolute Gasteiger partial charge is 0.254 e. The van der Waals surface area contributed by atoms with E-state index in [1.165, 1.54) is 11.8 Å². The van der Waals surface area contributed by atoms with Crippen molar-refractivity contribution >= 4 is 35.1 Å². The van der Waals surface area contributed by atoms with E-state index in [1.807, 2.05) is 51.3 Å². The van der Waals surface area contributed by atoms with Crippen molar-refractivity contribution in [2.24, 2.45) is 5.92 Å². The number of thioether (sulfide) groups is 2. The fraction of sp³-hybridized carbons (Fsp3) is 0.421. The Hall–Kier alpha value is -1.73. The predicted molar refractivity (Wildman–Crippen MR) is 108 cm³/mol. The van der Waals surface area contributed by atoms with Crippen molar-refractivity contribution in [1.82, 2.24) is 9.55 Å². The van der Waals surface area contributed by atoms with Gasteiger partial charge in [0.15, 0.2) is 5.16 Å². The highest BCUT2D eigenvalue weighted by atomic mass is 32.2. The second kappa shape index (κ2) is 7.48. The zero-order valence-corrected chi connectivity index (χ0v) is 17.0. The van der Waals surface area contributed by atoms with Crippen molar-refractivity contribution in [3.05, 3.63) is 46.4 Å². The van der Waals surface area contributed by atoms with Crippen LogP contribution in [0.4, 0.5) is 5.69 Å². The number of carbonyl (C=O) groups is 1. The van der Waals surface area contributed by atoms with Gasteiger partial charge in [0.2, 0.25) is 5.91 Å². The van der Waals surface area contributed by atoms with Gasteiger partial charge in [-0.15, -0.1) is 11.8 Å². The molecule has 3 rings (SSSR count). The minimum Gasteiger partial charge on any atom is -0.325 e. The predicted octanol–water partition coefficient (Wildman–Crippen LogP) is 3.62. The Morgan fingerprint density at radius 3 is 2.77 bits per heavy atom. The molecule has 1 aromatic carbocycles. The number of nitrogens with one attached hydrogen (secondary N) is 1. The number of carbonyl (C=O) groups excluding carboxylic acids is 1. The molecule has 0 aliphatic carbocycles. The molecule has 5 nitrogen and oxygen atoms in total. The van der Waals surface area contributed by atoms with Crippen LogP contribution in [0.15, 0.2) is 45.2 Å². The highest BCUT2D eigenvalue weighted by Gasteiger charge is 2.29. The molecular formula is C19H23N3O2S2. The van der Waals surface area contributed by atoms with E-state index >= 15 is 0 Å². The molecule has 1 N–H and O–H groups in total. The molecule has 0 saturated carbocycles. The van der Waals surface area contributed by atoms with Gasteiger partial charge in [-0.05, 0) is 18.4 Å². The molecular weight excluding hydrogens is 366 g/mol. The first-order chi connectivity index (χ1) is 12.3. The Kier molecular flexibility index (Phi) is 5.48. The van der Waals surface area contributed by atoms with Crippen LogP contribution in [0.25, 0.3) is 0 Å². The highest BCUT2D eigenvalue weighted by molar-refractivity contribution is 7.99. The minimum atomic E-state index is -0.262. The highest BCUT2D eigenvalue weighted by Crippen LogP contribution is 2.30. The van der Waals surface area contributed by atoms with Gasteiger partial charge in [-0.3, -0.25) is 14.2 Å². The minimum absolute atomic E-state index is 0.0588. The lowest BCUT2D eigenvalue weighted by Crippen LogP contribution is -2.37. The maximum Gasteiger partial charge on any atom is 0.254 e. The van der Waals surface area contributed by atoms with Gasteiger partial charge in [0.05, 0.1) is 17.3 Å². The van der Waals surface area contributed by atoms with Crippen molar-refractivity contribution in [2.75, 3.05) is 17.3 Å². The van der Waals surface area contributed by atoms with E-state index in [-0.39, 0.29) is 22.8 Å². The molecule has 0 bridgehead atoms. The molecule has 0 saturated heterocycles. The normalized spacial score (nSPS) is 16.8.